The van der Waals surface area contributed by atoms with Crippen molar-refractivity contribution < 1.29 is 18.0 Å². The number of aromatic nitrogens is 3. The number of rotatable bonds is 4. The summed E-state index contributed by atoms with van der Waals surface area (Å²) >= 11 is 1.61. The van der Waals surface area contributed by atoms with Crippen LogP contribution in [0.5, 0.6) is 0 Å². The Kier molecular flexibility index (Phi) is 5.64. The lowest BCUT2D eigenvalue weighted by atomic mass is 10.1. The Morgan fingerprint density at radius 3 is 2.67 bits per heavy atom. The number of thiazole rings is 1. The van der Waals surface area contributed by atoms with Gasteiger partial charge in [0, 0.05) is 37.5 Å². The number of hydrogen-bond donors (Lipinski definition) is 0. The standard InChI is InChI=1S/C23H24F3N5OS/c1-15-14-33-22(28-15)30-9-3-8-29(10-11-30)21(32)19-13-27-31(20(19)16-6-7-16)18-5-2-4-17(12-18)23(24,25)26/h2,4-5,12-14,16H,3,6-11H2,1H3. The average Bonchev–Trinajstić information content (AvgIpc) is 3.46. The normalized spacial score (nSPS) is 17.3. The highest BCUT2D eigenvalue weighted by atomic mass is 32.1. The van der Waals surface area contributed by atoms with E-state index in [4.69, 9.17) is 0 Å². The van der Waals surface area contributed by atoms with Crippen LogP contribution >= 0.6 is 11.3 Å². The largest absolute Gasteiger partial charge is 0.416 e. The lowest BCUT2D eigenvalue weighted by molar-refractivity contribution is -0.137. The van der Waals surface area contributed by atoms with Crippen LogP contribution in [-0.2, 0) is 6.18 Å². The molecule has 1 saturated heterocycles. The molecule has 1 aliphatic carbocycles. The molecule has 33 heavy (non-hydrogen) atoms. The SMILES string of the molecule is Cc1csc(N2CCCN(C(=O)c3cnn(-c4cccc(C(F)(F)F)c4)c3C3CC3)CC2)n1. The molecule has 0 spiro atoms. The second-order valence-corrected chi connectivity index (χ2v) is 9.42. The summed E-state index contributed by atoms with van der Waals surface area (Å²) in [5, 5.41) is 7.35. The van der Waals surface area contributed by atoms with Gasteiger partial charge in [0.25, 0.3) is 5.91 Å². The molecular formula is C23H24F3N5OS. The molecule has 5 rings (SSSR count). The van der Waals surface area contributed by atoms with E-state index in [9.17, 15) is 18.0 Å². The van der Waals surface area contributed by atoms with Crippen LogP contribution in [0, 0.1) is 6.92 Å². The third-order valence-electron chi connectivity index (χ3n) is 6.08. The summed E-state index contributed by atoms with van der Waals surface area (Å²) in [5.41, 5.74) is 1.80. The van der Waals surface area contributed by atoms with Crippen LogP contribution in [0.3, 0.4) is 0 Å². The lowest BCUT2D eigenvalue weighted by Crippen LogP contribution is -2.35. The summed E-state index contributed by atoms with van der Waals surface area (Å²) in [6.07, 6.45) is -0.284. The van der Waals surface area contributed by atoms with E-state index in [2.05, 4.69) is 15.0 Å². The van der Waals surface area contributed by atoms with Gasteiger partial charge in [0.05, 0.1) is 34.4 Å². The molecule has 1 aromatic carbocycles. The minimum Gasteiger partial charge on any atom is -0.346 e. The van der Waals surface area contributed by atoms with Crippen LogP contribution in [0.4, 0.5) is 18.3 Å². The van der Waals surface area contributed by atoms with Crippen LogP contribution in [0.2, 0.25) is 0 Å². The van der Waals surface area contributed by atoms with Gasteiger partial charge in [0.1, 0.15) is 0 Å². The molecule has 1 amide bonds. The van der Waals surface area contributed by atoms with Crippen LogP contribution in [0.25, 0.3) is 5.69 Å². The molecule has 2 aromatic heterocycles. The number of alkyl halides is 3. The number of halogens is 3. The number of carbonyl (C=O) groups excluding carboxylic acids is 1. The first-order chi connectivity index (χ1) is 15.8. The van der Waals surface area contributed by atoms with E-state index in [1.54, 1.807) is 17.4 Å². The first kappa shape index (κ1) is 21.9. The topological polar surface area (TPSA) is 54.3 Å². The molecule has 0 atom stereocenters. The maximum Gasteiger partial charge on any atom is 0.416 e. The Morgan fingerprint density at radius 1 is 1.15 bits per heavy atom. The first-order valence-electron chi connectivity index (χ1n) is 11.0. The van der Waals surface area contributed by atoms with Crippen molar-refractivity contribution in [2.24, 2.45) is 0 Å². The summed E-state index contributed by atoms with van der Waals surface area (Å²) in [5.74, 6) is 0.0371. The fraction of sp³-hybridized carbons (Fsp3) is 0.435. The van der Waals surface area contributed by atoms with Gasteiger partial charge in [-0.1, -0.05) is 6.07 Å². The van der Waals surface area contributed by atoms with Crippen molar-refractivity contribution in [2.75, 3.05) is 31.1 Å². The Balaban J connectivity index is 1.40. The molecule has 0 unspecified atom stereocenters. The van der Waals surface area contributed by atoms with Crippen LogP contribution in [0.1, 0.15) is 52.5 Å². The first-order valence-corrected chi connectivity index (χ1v) is 11.9. The number of nitrogens with zero attached hydrogens (tertiary/aromatic N) is 5. The lowest BCUT2D eigenvalue weighted by Gasteiger charge is -2.22. The molecule has 2 aliphatic rings. The van der Waals surface area contributed by atoms with Gasteiger partial charge >= 0.3 is 6.18 Å². The molecule has 3 heterocycles. The van der Waals surface area contributed by atoms with Crippen molar-refractivity contribution in [1.82, 2.24) is 19.7 Å². The number of carbonyl (C=O) groups is 1. The average molecular weight is 476 g/mol. The number of aryl methyl sites for hydroxylation is 1. The molecule has 0 bridgehead atoms. The van der Waals surface area contributed by atoms with Gasteiger partial charge in [-0.2, -0.15) is 18.3 Å². The highest BCUT2D eigenvalue weighted by Gasteiger charge is 2.36. The third kappa shape index (κ3) is 4.48. The minimum absolute atomic E-state index is 0.104. The number of amides is 1. The second kappa shape index (κ2) is 8.48. The van der Waals surface area contributed by atoms with Crippen molar-refractivity contribution in [3.05, 3.63) is 58.4 Å². The highest BCUT2D eigenvalue weighted by molar-refractivity contribution is 7.13. The monoisotopic (exact) mass is 475 g/mol. The van der Waals surface area contributed by atoms with E-state index in [0.29, 0.717) is 30.9 Å². The van der Waals surface area contributed by atoms with E-state index < -0.39 is 11.7 Å². The molecular weight excluding hydrogens is 451 g/mol. The molecule has 0 N–H and O–H groups in total. The Morgan fingerprint density at radius 2 is 1.97 bits per heavy atom. The van der Waals surface area contributed by atoms with Crippen molar-refractivity contribution in [2.45, 2.75) is 38.3 Å². The van der Waals surface area contributed by atoms with E-state index in [-0.39, 0.29) is 11.8 Å². The van der Waals surface area contributed by atoms with E-state index in [0.717, 1.165) is 54.5 Å². The van der Waals surface area contributed by atoms with Gasteiger partial charge in [-0.05, 0) is 44.4 Å². The zero-order chi connectivity index (χ0) is 23.2. The Hall–Kier alpha value is -2.88. The molecule has 6 nitrogen and oxygen atoms in total. The van der Waals surface area contributed by atoms with Crippen LogP contribution < -0.4 is 4.90 Å². The minimum atomic E-state index is -4.44. The summed E-state index contributed by atoms with van der Waals surface area (Å²) in [6.45, 7) is 4.68. The Labute approximate surface area is 193 Å². The molecule has 1 aliphatic heterocycles. The molecule has 2 fully saturated rings. The molecule has 10 heteroatoms. The fourth-order valence-electron chi connectivity index (χ4n) is 4.26. The smallest absolute Gasteiger partial charge is 0.346 e. The fourth-order valence-corrected chi connectivity index (χ4v) is 5.12. The molecule has 0 radical (unpaired) electrons. The van der Waals surface area contributed by atoms with Gasteiger partial charge in [-0.15, -0.1) is 11.3 Å². The number of benzene rings is 1. The van der Waals surface area contributed by atoms with Gasteiger partial charge in [-0.25, -0.2) is 9.67 Å². The number of anilines is 1. The summed E-state index contributed by atoms with van der Waals surface area (Å²) in [7, 11) is 0. The van der Waals surface area contributed by atoms with Gasteiger partial charge in [0.2, 0.25) is 0 Å². The molecule has 3 aromatic rings. The quantitative estimate of drug-likeness (QED) is 0.540. The van der Waals surface area contributed by atoms with Crippen molar-refractivity contribution in [3.8, 4) is 5.69 Å². The van der Waals surface area contributed by atoms with E-state index in [1.807, 2.05) is 17.2 Å². The van der Waals surface area contributed by atoms with Gasteiger partial charge in [0.15, 0.2) is 5.13 Å². The van der Waals surface area contributed by atoms with Crippen molar-refractivity contribution in [1.29, 1.82) is 0 Å². The highest BCUT2D eigenvalue weighted by Crippen LogP contribution is 2.43. The molecule has 1 saturated carbocycles. The Bertz CT molecular complexity index is 1170. The van der Waals surface area contributed by atoms with Crippen molar-refractivity contribution >= 4 is 22.4 Å². The maximum absolute atomic E-state index is 13.5. The van der Waals surface area contributed by atoms with Gasteiger partial charge in [-0.3, -0.25) is 4.79 Å². The zero-order valence-electron chi connectivity index (χ0n) is 18.2. The number of hydrogen-bond acceptors (Lipinski definition) is 5. The molecule has 174 valence electrons. The predicted molar refractivity (Wildman–Crippen MR) is 120 cm³/mol. The van der Waals surface area contributed by atoms with Gasteiger partial charge < -0.3 is 9.80 Å². The summed E-state index contributed by atoms with van der Waals surface area (Å²) in [4.78, 5) is 22.1. The van der Waals surface area contributed by atoms with Crippen LogP contribution in [0.15, 0.2) is 35.8 Å². The van der Waals surface area contributed by atoms with Crippen molar-refractivity contribution in [3.63, 3.8) is 0 Å². The summed E-state index contributed by atoms with van der Waals surface area (Å²) < 4.78 is 41.2. The maximum atomic E-state index is 13.5. The van der Waals surface area contributed by atoms with Crippen LogP contribution in [-0.4, -0.2) is 51.8 Å². The summed E-state index contributed by atoms with van der Waals surface area (Å²) in [6, 6.07) is 5.11. The predicted octanol–water partition coefficient (Wildman–Crippen LogP) is 4.89. The third-order valence-corrected chi connectivity index (χ3v) is 7.10. The van der Waals surface area contributed by atoms with E-state index >= 15 is 0 Å². The van der Waals surface area contributed by atoms with E-state index in [1.165, 1.54) is 16.9 Å². The second-order valence-electron chi connectivity index (χ2n) is 8.58. The zero-order valence-corrected chi connectivity index (χ0v) is 19.0.